The average Bonchev–Trinajstić information content (AvgIpc) is 2.77. The van der Waals surface area contributed by atoms with Crippen molar-refractivity contribution in [1.82, 2.24) is 5.32 Å². The molecule has 16 heavy (non-hydrogen) atoms. The van der Waals surface area contributed by atoms with Crippen molar-refractivity contribution in [2.24, 2.45) is 0 Å². The number of benzene rings is 1. The van der Waals surface area contributed by atoms with E-state index in [0.717, 1.165) is 31.6 Å². The molecule has 2 rings (SSSR count). The first kappa shape index (κ1) is 12.0. The molecule has 1 atom stereocenters. The van der Waals surface area contributed by atoms with Gasteiger partial charge >= 0.3 is 0 Å². The van der Waals surface area contributed by atoms with E-state index in [2.05, 4.69) is 21.2 Å². The summed E-state index contributed by atoms with van der Waals surface area (Å²) in [5.41, 5.74) is 0.943. The molecule has 0 bridgehead atoms. The normalized spacial score (nSPS) is 20.2. The first-order valence-electron chi connectivity index (χ1n) is 5.52. The summed E-state index contributed by atoms with van der Waals surface area (Å²) >= 11 is 3.25. The number of ether oxygens (including phenoxy) is 1. The SMILES string of the molecule is Fc1cccc(CNCC2CCCO2)c1Br. The van der Waals surface area contributed by atoms with Crippen LogP contribution < -0.4 is 5.32 Å². The van der Waals surface area contributed by atoms with Gasteiger partial charge in [-0.3, -0.25) is 0 Å². The molecule has 2 nitrogen and oxygen atoms in total. The zero-order valence-electron chi connectivity index (χ0n) is 9.01. The number of rotatable bonds is 4. The fourth-order valence-electron chi connectivity index (χ4n) is 1.86. The minimum atomic E-state index is -0.212. The lowest BCUT2D eigenvalue weighted by molar-refractivity contribution is 0.110. The van der Waals surface area contributed by atoms with Crippen LogP contribution in [-0.4, -0.2) is 19.3 Å². The van der Waals surface area contributed by atoms with Gasteiger partial charge in [0.1, 0.15) is 5.82 Å². The summed E-state index contributed by atoms with van der Waals surface area (Å²) < 4.78 is 19.3. The Morgan fingerprint density at radius 1 is 1.50 bits per heavy atom. The highest BCUT2D eigenvalue weighted by Gasteiger charge is 2.14. The van der Waals surface area contributed by atoms with Crippen molar-refractivity contribution in [2.45, 2.75) is 25.5 Å². The van der Waals surface area contributed by atoms with Gasteiger partial charge in [0.15, 0.2) is 0 Å². The molecular weight excluding hydrogens is 273 g/mol. The molecular formula is C12H15BrFNO. The van der Waals surface area contributed by atoms with Crippen LogP contribution in [0.5, 0.6) is 0 Å². The smallest absolute Gasteiger partial charge is 0.137 e. The highest BCUT2D eigenvalue weighted by molar-refractivity contribution is 9.10. The number of hydrogen-bond acceptors (Lipinski definition) is 2. The molecule has 1 aromatic rings. The van der Waals surface area contributed by atoms with Gasteiger partial charge in [-0.25, -0.2) is 4.39 Å². The number of hydrogen-bond donors (Lipinski definition) is 1. The van der Waals surface area contributed by atoms with Gasteiger partial charge in [-0.2, -0.15) is 0 Å². The Kier molecular flexibility index (Phi) is 4.32. The maximum absolute atomic E-state index is 13.2. The fourth-order valence-corrected chi connectivity index (χ4v) is 2.26. The van der Waals surface area contributed by atoms with Gasteiger partial charge in [0.05, 0.1) is 10.6 Å². The van der Waals surface area contributed by atoms with Crippen LogP contribution in [-0.2, 0) is 11.3 Å². The van der Waals surface area contributed by atoms with E-state index in [-0.39, 0.29) is 5.82 Å². The zero-order chi connectivity index (χ0) is 11.4. The minimum absolute atomic E-state index is 0.212. The van der Waals surface area contributed by atoms with Gasteiger partial charge in [-0.05, 0) is 40.4 Å². The van der Waals surface area contributed by atoms with Gasteiger partial charge in [-0.15, -0.1) is 0 Å². The lowest BCUT2D eigenvalue weighted by Gasteiger charge is -2.11. The Morgan fingerprint density at radius 2 is 2.38 bits per heavy atom. The van der Waals surface area contributed by atoms with Crippen LogP contribution in [0, 0.1) is 5.82 Å². The van der Waals surface area contributed by atoms with Crippen LogP contribution in [0.25, 0.3) is 0 Å². The van der Waals surface area contributed by atoms with Crippen molar-refractivity contribution in [3.8, 4) is 0 Å². The van der Waals surface area contributed by atoms with E-state index in [1.807, 2.05) is 6.07 Å². The molecule has 0 amide bonds. The van der Waals surface area contributed by atoms with Crippen LogP contribution in [0.4, 0.5) is 4.39 Å². The molecule has 1 saturated heterocycles. The third-order valence-electron chi connectivity index (χ3n) is 2.74. The largest absolute Gasteiger partial charge is 0.377 e. The van der Waals surface area contributed by atoms with Crippen LogP contribution >= 0.6 is 15.9 Å². The Hall–Kier alpha value is -0.450. The maximum Gasteiger partial charge on any atom is 0.137 e. The van der Waals surface area contributed by atoms with E-state index in [0.29, 0.717) is 17.1 Å². The molecule has 0 aliphatic carbocycles. The standard InChI is InChI=1S/C12H15BrFNO/c13-12-9(3-1-5-11(12)14)7-15-8-10-4-2-6-16-10/h1,3,5,10,15H,2,4,6-8H2. The predicted molar refractivity (Wildman–Crippen MR) is 64.8 cm³/mol. The first-order valence-corrected chi connectivity index (χ1v) is 6.32. The van der Waals surface area contributed by atoms with Crippen LogP contribution in [0.2, 0.25) is 0 Å². The molecule has 1 heterocycles. The van der Waals surface area contributed by atoms with E-state index >= 15 is 0 Å². The second-order valence-electron chi connectivity index (χ2n) is 3.98. The second kappa shape index (κ2) is 5.75. The molecule has 0 radical (unpaired) electrons. The molecule has 4 heteroatoms. The van der Waals surface area contributed by atoms with Gasteiger partial charge in [0.2, 0.25) is 0 Å². The Bertz CT molecular complexity index is 353. The molecule has 88 valence electrons. The van der Waals surface area contributed by atoms with Crippen molar-refractivity contribution >= 4 is 15.9 Å². The van der Waals surface area contributed by atoms with E-state index in [4.69, 9.17) is 4.74 Å². The first-order chi connectivity index (χ1) is 7.77. The zero-order valence-corrected chi connectivity index (χ0v) is 10.6. The monoisotopic (exact) mass is 287 g/mol. The quantitative estimate of drug-likeness (QED) is 0.920. The molecule has 1 fully saturated rings. The second-order valence-corrected chi connectivity index (χ2v) is 4.77. The summed E-state index contributed by atoms with van der Waals surface area (Å²) in [5, 5.41) is 3.29. The average molecular weight is 288 g/mol. The van der Waals surface area contributed by atoms with E-state index in [9.17, 15) is 4.39 Å². The van der Waals surface area contributed by atoms with Gasteiger partial charge < -0.3 is 10.1 Å². The molecule has 1 N–H and O–H groups in total. The summed E-state index contributed by atoms with van der Waals surface area (Å²) in [6, 6.07) is 5.09. The van der Waals surface area contributed by atoms with Crippen molar-refractivity contribution < 1.29 is 9.13 Å². The lowest BCUT2D eigenvalue weighted by Crippen LogP contribution is -2.25. The number of nitrogens with one attached hydrogen (secondary N) is 1. The van der Waals surface area contributed by atoms with Crippen LogP contribution in [0.15, 0.2) is 22.7 Å². The van der Waals surface area contributed by atoms with Gasteiger partial charge in [0.25, 0.3) is 0 Å². The summed E-state index contributed by atoms with van der Waals surface area (Å²) in [4.78, 5) is 0. The highest BCUT2D eigenvalue weighted by atomic mass is 79.9. The third-order valence-corrected chi connectivity index (χ3v) is 3.63. The lowest BCUT2D eigenvalue weighted by atomic mass is 10.2. The van der Waals surface area contributed by atoms with Crippen molar-refractivity contribution in [1.29, 1.82) is 0 Å². The Labute approximate surface area is 103 Å². The summed E-state index contributed by atoms with van der Waals surface area (Å²) in [6.07, 6.45) is 2.60. The van der Waals surface area contributed by atoms with Crippen molar-refractivity contribution in [3.63, 3.8) is 0 Å². The molecule has 1 aromatic carbocycles. The summed E-state index contributed by atoms with van der Waals surface area (Å²) in [6.45, 7) is 2.37. The van der Waals surface area contributed by atoms with Gasteiger partial charge in [0, 0.05) is 19.7 Å². The van der Waals surface area contributed by atoms with Crippen LogP contribution in [0.3, 0.4) is 0 Å². The Balaban J connectivity index is 1.82. The molecule has 0 aromatic heterocycles. The highest BCUT2D eigenvalue weighted by Crippen LogP contribution is 2.20. The Morgan fingerprint density at radius 3 is 3.12 bits per heavy atom. The van der Waals surface area contributed by atoms with Crippen LogP contribution in [0.1, 0.15) is 18.4 Å². The molecule has 0 spiro atoms. The minimum Gasteiger partial charge on any atom is -0.377 e. The molecule has 1 aliphatic rings. The predicted octanol–water partition coefficient (Wildman–Crippen LogP) is 2.86. The van der Waals surface area contributed by atoms with E-state index in [1.54, 1.807) is 6.07 Å². The molecule has 0 saturated carbocycles. The summed E-state index contributed by atoms with van der Waals surface area (Å²) in [5.74, 6) is -0.212. The summed E-state index contributed by atoms with van der Waals surface area (Å²) in [7, 11) is 0. The molecule has 1 unspecified atom stereocenters. The fraction of sp³-hybridized carbons (Fsp3) is 0.500. The van der Waals surface area contributed by atoms with Crippen molar-refractivity contribution in [3.05, 3.63) is 34.1 Å². The van der Waals surface area contributed by atoms with E-state index in [1.165, 1.54) is 6.07 Å². The van der Waals surface area contributed by atoms with E-state index < -0.39 is 0 Å². The number of halogens is 2. The molecule has 1 aliphatic heterocycles. The topological polar surface area (TPSA) is 21.3 Å². The van der Waals surface area contributed by atoms with Crippen molar-refractivity contribution in [2.75, 3.05) is 13.2 Å². The third kappa shape index (κ3) is 3.03. The van der Waals surface area contributed by atoms with Gasteiger partial charge in [-0.1, -0.05) is 12.1 Å². The maximum atomic E-state index is 13.2.